The van der Waals surface area contributed by atoms with Crippen molar-refractivity contribution >= 4 is 17.7 Å². The monoisotopic (exact) mass is 417 g/mol. The maximum Gasteiger partial charge on any atom is 0.321 e. The Bertz CT molecular complexity index is 886. The third kappa shape index (κ3) is 4.97. The molecule has 0 radical (unpaired) electrons. The van der Waals surface area contributed by atoms with Gasteiger partial charge in [0, 0.05) is 11.3 Å². The van der Waals surface area contributed by atoms with E-state index in [2.05, 4.69) is 18.3 Å². The molecule has 0 spiro atoms. The van der Waals surface area contributed by atoms with Gasteiger partial charge < -0.3 is 19.3 Å². The van der Waals surface area contributed by atoms with Crippen molar-refractivity contribution in [1.29, 1.82) is 0 Å². The molecule has 1 aliphatic heterocycles. The van der Waals surface area contributed by atoms with Gasteiger partial charge in [-0.1, -0.05) is 18.2 Å². The molecule has 7 heteroatoms. The van der Waals surface area contributed by atoms with Gasteiger partial charge in [0.2, 0.25) is 0 Å². The lowest BCUT2D eigenvalue weighted by atomic mass is 10.1. The number of benzene rings is 2. The lowest BCUT2D eigenvalue weighted by Gasteiger charge is -2.19. The number of hydrogen-bond acceptors (Lipinski definition) is 6. The molecule has 2 unspecified atom stereocenters. The molecule has 0 saturated carbocycles. The molecule has 6 nitrogen and oxygen atoms in total. The second-order valence-electron chi connectivity index (χ2n) is 7.05. The fourth-order valence-corrected chi connectivity index (χ4v) is 4.54. The smallest absolute Gasteiger partial charge is 0.321 e. The normalized spacial score (nSPS) is 18.5. The molecule has 0 aliphatic carbocycles. The predicted octanol–water partition coefficient (Wildman–Crippen LogP) is 3.87. The van der Waals surface area contributed by atoms with Crippen LogP contribution in [-0.2, 0) is 4.79 Å². The van der Waals surface area contributed by atoms with Gasteiger partial charge in [-0.2, -0.15) is 0 Å². The molecule has 2 aromatic rings. The van der Waals surface area contributed by atoms with Gasteiger partial charge in [0.25, 0.3) is 0 Å². The van der Waals surface area contributed by atoms with Crippen LogP contribution in [0, 0.1) is 20.8 Å². The number of nitrogens with one attached hydrogen (secondary N) is 1. The lowest BCUT2D eigenvalue weighted by molar-refractivity contribution is -0.138. The van der Waals surface area contributed by atoms with Crippen LogP contribution in [0.25, 0.3) is 0 Å². The lowest BCUT2D eigenvalue weighted by Crippen LogP contribution is -2.33. The number of carbonyl (C=O) groups is 1. The molecular formula is C22H27NO5S. The summed E-state index contributed by atoms with van der Waals surface area (Å²) in [4.78, 5) is 11.3. The Labute approximate surface area is 175 Å². The van der Waals surface area contributed by atoms with Gasteiger partial charge >= 0.3 is 5.97 Å². The third-order valence-corrected chi connectivity index (χ3v) is 6.19. The first-order valence-electron chi connectivity index (χ1n) is 9.51. The van der Waals surface area contributed by atoms with E-state index in [-0.39, 0.29) is 5.37 Å². The number of rotatable bonds is 8. The van der Waals surface area contributed by atoms with Crippen LogP contribution in [0.4, 0.5) is 0 Å². The molecule has 0 aromatic heterocycles. The Morgan fingerprint density at radius 2 is 1.93 bits per heavy atom. The number of methoxy groups -OCH3 is 1. The molecule has 1 saturated heterocycles. The highest BCUT2D eigenvalue weighted by Gasteiger charge is 2.32. The number of carboxylic acid groups (broad SMARTS) is 1. The SMILES string of the molecule is COc1cccc(C2NC(C(=O)O)CS2)c1OCCOc1cc(C)cc(C)c1C. The molecule has 0 amide bonds. The second kappa shape index (κ2) is 9.41. The van der Waals surface area contributed by atoms with Crippen LogP contribution in [0.1, 0.15) is 27.6 Å². The summed E-state index contributed by atoms with van der Waals surface area (Å²) in [5.74, 6) is 1.76. The average Bonchev–Trinajstić information content (AvgIpc) is 3.19. The maximum absolute atomic E-state index is 11.3. The predicted molar refractivity (Wildman–Crippen MR) is 114 cm³/mol. The van der Waals surface area contributed by atoms with E-state index in [1.165, 1.54) is 5.56 Å². The number of thioether (sulfide) groups is 1. The number of ether oxygens (including phenoxy) is 3. The summed E-state index contributed by atoms with van der Waals surface area (Å²) < 4.78 is 17.4. The molecule has 2 N–H and O–H groups in total. The van der Waals surface area contributed by atoms with Crippen LogP contribution in [0.5, 0.6) is 17.2 Å². The second-order valence-corrected chi connectivity index (χ2v) is 8.19. The highest BCUT2D eigenvalue weighted by molar-refractivity contribution is 7.99. The summed E-state index contributed by atoms with van der Waals surface area (Å²) in [5.41, 5.74) is 4.36. The summed E-state index contributed by atoms with van der Waals surface area (Å²) >= 11 is 1.55. The van der Waals surface area contributed by atoms with Crippen molar-refractivity contribution in [3.63, 3.8) is 0 Å². The number of carboxylic acids is 1. The van der Waals surface area contributed by atoms with Crippen molar-refractivity contribution in [2.24, 2.45) is 0 Å². The van der Waals surface area contributed by atoms with Crippen molar-refractivity contribution in [2.75, 3.05) is 26.1 Å². The minimum Gasteiger partial charge on any atom is -0.493 e. The fourth-order valence-electron chi connectivity index (χ4n) is 3.29. The molecule has 2 aromatic carbocycles. The standard InChI is InChI=1S/C22H27NO5S/c1-13-10-14(2)15(3)19(11-13)27-8-9-28-20-16(6-5-7-18(20)26-4)21-23-17(12-29-21)22(24)25/h5-7,10-11,17,21,23H,8-9,12H2,1-4H3,(H,24,25). The molecule has 29 heavy (non-hydrogen) atoms. The number of hydrogen-bond donors (Lipinski definition) is 2. The van der Waals surface area contributed by atoms with Gasteiger partial charge in [-0.15, -0.1) is 11.8 Å². The van der Waals surface area contributed by atoms with Crippen LogP contribution >= 0.6 is 11.8 Å². The molecule has 1 fully saturated rings. The summed E-state index contributed by atoms with van der Waals surface area (Å²) in [7, 11) is 1.59. The molecule has 1 aliphatic rings. The highest BCUT2D eigenvalue weighted by Crippen LogP contribution is 2.42. The summed E-state index contributed by atoms with van der Waals surface area (Å²) in [5, 5.41) is 12.2. The van der Waals surface area contributed by atoms with Gasteiger partial charge in [0.1, 0.15) is 25.0 Å². The van der Waals surface area contributed by atoms with E-state index >= 15 is 0 Å². The van der Waals surface area contributed by atoms with Crippen molar-refractivity contribution < 1.29 is 24.1 Å². The Kier molecular flexibility index (Phi) is 6.92. The number of aliphatic carboxylic acids is 1. The maximum atomic E-state index is 11.3. The number of aryl methyl sites for hydroxylation is 2. The first kappa shape index (κ1) is 21.3. The summed E-state index contributed by atoms with van der Waals surface area (Å²) in [6, 6.07) is 9.24. The van der Waals surface area contributed by atoms with Gasteiger partial charge in [-0.3, -0.25) is 10.1 Å². The molecule has 1 heterocycles. The first-order chi connectivity index (χ1) is 13.9. The Morgan fingerprint density at radius 3 is 2.62 bits per heavy atom. The van der Waals surface area contributed by atoms with Crippen LogP contribution in [0.15, 0.2) is 30.3 Å². The topological polar surface area (TPSA) is 77.0 Å². The highest BCUT2D eigenvalue weighted by atomic mass is 32.2. The average molecular weight is 418 g/mol. The molecule has 3 rings (SSSR count). The van der Waals surface area contributed by atoms with Crippen molar-refractivity contribution in [1.82, 2.24) is 5.32 Å². The van der Waals surface area contributed by atoms with E-state index in [0.717, 1.165) is 22.4 Å². The van der Waals surface area contributed by atoms with Gasteiger partial charge in [0.05, 0.1) is 12.5 Å². The van der Waals surface area contributed by atoms with Crippen LogP contribution < -0.4 is 19.5 Å². The van der Waals surface area contributed by atoms with Crippen molar-refractivity contribution in [3.8, 4) is 17.2 Å². The van der Waals surface area contributed by atoms with Crippen molar-refractivity contribution in [2.45, 2.75) is 32.2 Å². The van der Waals surface area contributed by atoms with Gasteiger partial charge in [-0.25, -0.2) is 0 Å². The minimum atomic E-state index is -0.845. The van der Waals surface area contributed by atoms with Crippen molar-refractivity contribution in [3.05, 3.63) is 52.6 Å². The minimum absolute atomic E-state index is 0.163. The Balaban J connectivity index is 1.68. The summed E-state index contributed by atoms with van der Waals surface area (Å²) in [6.45, 7) is 6.91. The van der Waals surface area contributed by atoms with Crippen LogP contribution in [0.2, 0.25) is 0 Å². The quantitative estimate of drug-likeness (QED) is 0.632. The molecule has 2 atom stereocenters. The van der Waals surface area contributed by atoms with E-state index in [4.69, 9.17) is 14.2 Å². The van der Waals surface area contributed by atoms with E-state index in [1.807, 2.05) is 38.1 Å². The third-order valence-electron chi connectivity index (χ3n) is 4.94. The zero-order valence-electron chi connectivity index (χ0n) is 17.2. The van der Waals surface area contributed by atoms with Gasteiger partial charge in [-0.05, 0) is 49.6 Å². The van der Waals surface area contributed by atoms with Gasteiger partial charge in [0.15, 0.2) is 11.5 Å². The van der Waals surface area contributed by atoms with E-state index in [9.17, 15) is 9.90 Å². The zero-order valence-corrected chi connectivity index (χ0v) is 18.0. The fraction of sp³-hybridized carbons (Fsp3) is 0.409. The molecule has 0 bridgehead atoms. The van der Waals surface area contributed by atoms with E-state index < -0.39 is 12.0 Å². The van der Waals surface area contributed by atoms with E-state index in [1.54, 1.807) is 18.9 Å². The number of para-hydroxylation sites is 1. The first-order valence-corrected chi connectivity index (χ1v) is 10.6. The Morgan fingerprint density at radius 1 is 1.17 bits per heavy atom. The Hall–Kier alpha value is -2.38. The van der Waals surface area contributed by atoms with E-state index in [0.29, 0.717) is 30.5 Å². The zero-order chi connectivity index (χ0) is 21.0. The van der Waals surface area contributed by atoms with Crippen LogP contribution in [0.3, 0.4) is 0 Å². The summed E-state index contributed by atoms with van der Waals surface area (Å²) in [6.07, 6.45) is 0. The molecular weight excluding hydrogens is 390 g/mol. The van der Waals surface area contributed by atoms with Crippen LogP contribution in [-0.4, -0.2) is 43.2 Å². The molecule has 156 valence electrons. The largest absolute Gasteiger partial charge is 0.493 e.